The van der Waals surface area contributed by atoms with E-state index in [1.807, 2.05) is 30.0 Å². The highest BCUT2D eigenvalue weighted by molar-refractivity contribution is 7.14. The van der Waals surface area contributed by atoms with Crippen LogP contribution < -0.4 is 21.0 Å². The second-order valence-corrected chi connectivity index (χ2v) is 8.03. The number of Topliss-reactive ketones (excluding diaryl/α,β-unsaturated/α-hetero) is 1. The van der Waals surface area contributed by atoms with Crippen LogP contribution in [0.4, 0.5) is 5.13 Å². The summed E-state index contributed by atoms with van der Waals surface area (Å²) in [4.78, 5) is 19.2. The average molecular weight is 431 g/mol. The molecule has 1 aromatic heterocycles. The third-order valence-corrected chi connectivity index (χ3v) is 5.93. The molecular weight excluding hydrogens is 405 g/mol. The maximum Gasteiger partial charge on any atom is 0.526 e. The predicted molar refractivity (Wildman–Crippen MR) is 118 cm³/mol. The third kappa shape index (κ3) is 4.81. The zero-order chi connectivity index (χ0) is 21.7. The smallest absolute Gasteiger partial charge is 0.526 e. The number of para-hydroxylation sites is 1. The predicted octanol–water partition coefficient (Wildman–Crippen LogP) is 0.799. The minimum atomic E-state index is -1.11. The molecule has 0 saturated carbocycles. The Labute approximate surface area is 179 Å². The van der Waals surface area contributed by atoms with Crippen LogP contribution in [-0.2, 0) is 11.2 Å². The Balaban J connectivity index is 1.73. The van der Waals surface area contributed by atoms with E-state index in [0.717, 1.165) is 11.1 Å². The van der Waals surface area contributed by atoms with Crippen LogP contribution in [0, 0.1) is 6.92 Å². The maximum atomic E-state index is 12.9. The van der Waals surface area contributed by atoms with Gasteiger partial charge in [-0.25, -0.2) is 4.98 Å². The number of carbonyl (C=O) groups is 1. The number of hydrogen-bond acceptors (Lipinski definition) is 10. The van der Waals surface area contributed by atoms with Crippen LogP contribution in [-0.4, -0.2) is 60.0 Å². The van der Waals surface area contributed by atoms with Crippen molar-refractivity contribution in [1.29, 1.82) is 0 Å². The molecule has 2 heterocycles. The van der Waals surface area contributed by atoms with Gasteiger partial charge in [0.1, 0.15) is 11.4 Å². The van der Waals surface area contributed by atoms with Crippen LogP contribution in [0.2, 0.25) is 5.82 Å². The summed E-state index contributed by atoms with van der Waals surface area (Å²) in [5.74, 6) is -0.205. The zero-order valence-electron chi connectivity index (χ0n) is 16.8. The molecule has 11 heteroatoms. The van der Waals surface area contributed by atoms with Crippen molar-refractivity contribution in [3.8, 4) is 5.75 Å². The number of rotatable bonds is 9. The first-order valence-corrected chi connectivity index (χ1v) is 10.7. The lowest BCUT2D eigenvalue weighted by Gasteiger charge is -2.28. The van der Waals surface area contributed by atoms with Gasteiger partial charge >= 0.3 is 7.12 Å². The minimum absolute atomic E-state index is 0.0316. The van der Waals surface area contributed by atoms with Crippen LogP contribution in [0.25, 0.3) is 0 Å². The van der Waals surface area contributed by atoms with Gasteiger partial charge in [-0.15, -0.1) is 11.3 Å². The number of benzene rings is 1. The number of nitrogens with two attached hydrogens (primary N) is 2. The molecule has 2 aromatic rings. The lowest BCUT2D eigenvalue weighted by molar-refractivity contribution is -0.113. The quantitative estimate of drug-likeness (QED) is 0.197. The highest BCUT2D eigenvalue weighted by Crippen LogP contribution is 2.36. The molecule has 0 saturated heterocycles. The second kappa shape index (κ2) is 10.0. The van der Waals surface area contributed by atoms with Gasteiger partial charge < -0.3 is 31.3 Å². The standard InChI is InChI=1S/C19H26BN5O4S/c1-12-3-2-4-13-9-14(20(27)29-18(12)13)10-16(26)17(24-28)15-11-30-19(23-15)25(7-5-21)8-6-22/h2-4,11,14,27-28H,5-10,21-22H2,1H3/b24-17-/t14-/m1/s1. The molecule has 0 unspecified atom stereocenters. The summed E-state index contributed by atoms with van der Waals surface area (Å²) < 4.78 is 5.64. The maximum absolute atomic E-state index is 12.9. The van der Waals surface area contributed by atoms with Crippen LogP contribution in [0.1, 0.15) is 23.2 Å². The summed E-state index contributed by atoms with van der Waals surface area (Å²) in [6, 6.07) is 5.74. The summed E-state index contributed by atoms with van der Waals surface area (Å²) in [6.07, 6.45) is 0.460. The first kappa shape index (κ1) is 22.2. The van der Waals surface area contributed by atoms with E-state index < -0.39 is 18.7 Å². The lowest BCUT2D eigenvalue weighted by atomic mass is 9.64. The fraction of sp³-hybridized carbons (Fsp3) is 0.421. The minimum Gasteiger partial charge on any atom is -0.536 e. The molecule has 0 aliphatic carbocycles. The summed E-state index contributed by atoms with van der Waals surface area (Å²) in [7, 11) is -1.11. The Kier molecular flexibility index (Phi) is 7.43. The molecule has 9 nitrogen and oxygen atoms in total. The number of hydrogen-bond donors (Lipinski definition) is 4. The van der Waals surface area contributed by atoms with Crippen molar-refractivity contribution in [2.75, 3.05) is 31.1 Å². The highest BCUT2D eigenvalue weighted by Gasteiger charge is 2.37. The second-order valence-electron chi connectivity index (χ2n) is 7.19. The van der Waals surface area contributed by atoms with Crippen LogP contribution in [0.15, 0.2) is 28.7 Å². The lowest BCUT2D eigenvalue weighted by Crippen LogP contribution is -2.36. The van der Waals surface area contributed by atoms with Crippen molar-refractivity contribution in [2.45, 2.75) is 25.6 Å². The number of anilines is 1. The van der Waals surface area contributed by atoms with Gasteiger partial charge in [-0.1, -0.05) is 23.4 Å². The molecule has 160 valence electrons. The molecule has 6 N–H and O–H groups in total. The van der Waals surface area contributed by atoms with Crippen LogP contribution in [0.3, 0.4) is 0 Å². The number of carbonyl (C=O) groups excluding carboxylic acids is 1. The fourth-order valence-electron chi connectivity index (χ4n) is 3.53. The molecule has 1 atom stereocenters. The van der Waals surface area contributed by atoms with Gasteiger partial charge in [-0.05, 0) is 24.5 Å². The Morgan fingerprint density at radius 2 is 2.13 bits per heavy atom. The van der Waals surface area contributed by atoms with Crippen molar-refractivity contribution in [1.82, 2.24) is 4.98 Å². The van der Waals surface area contributed by atoms with Gasteiger partial charge in [0, 0.05) is 43.8 Å². The van der Waals surface area contributed by atoms with Crippen molar-refractivity contribution in [2.24, 2.45) is 16.6 Å². The van der Waals surface area contributed by atoms with E-state index in [-0.39, 0.29) is 17.8 Å². The number of fused-ring (bicyclic) bond motifs is 1. The van der Waals surface area contributed by atoms with E-state index in [1.165, 1.54) is 11.3 Å². The number of aromatic nitrogens is 1. The van der Waals surface area contributed by atoms with E-state index in [2.05, 4.69) is 10.1 Å². The monoisotopic (exact) mass is 431 g/mol. The van der Waals surface area contributed by atoms with Crippen molar-refractivity contribution in [3.63, 3.8) is 0 Å². The van der Waals surface area contributed by atoms with Gasteiger partial charge in [0.2, 0.25) is 0 Å². The van der Waals surface area contributed by atoms with E-state index in [0.29, 0.717) is 43.5 Å². The Morgan fingerprint density at radius 3 is 2.80 bits per heavy atom. The zero-order valence-corrected chi connectivity index (χ0v) is 17.6. The van der Waals surface area contributed by atoms with E-state index >= 15 is 0 Å². The van der Waals surface area contributed by atoms with Crippen LogP contribution in [0.5, 0.6) is 5.75 Å². The summed E-state index contributed by atoms with van der Waals surface area (Å²) in [6.45, 7) is 3.94. The van der Waals surface area contributed by atoms with Crippen LogP contribution >= 0.6 is 11.3 Å². The topological polar surface area (TPSA) is 147 Å². The van der Waals surface area contributed by atoms with Gasteiger partial charge in [0.15, 0.2) is 16.6 Å². The number of oxime groups is 1. The fourth-order valence-corrected chi connectivity index (χ4v) is 4.40. The molecule has 0 amide bonds. The first-order chi connectivity index (χ1) is 14.5. The van der Waals surface area contributed by atoms with E-state index in [4.69, 9.17) is 16.1 Å². The highest BCUT2D eigenvalue weighted by atomic mass is 32.1. The molecule has 0 spiro atoms. The van der Waals surface area contributed by atoms with Gasteiger partial charge in [-0.2, -0.15) is 0 Å². The molecule has 0 bridgehead atoms. The molecule has 0 fully saturated rings. The summed E-state index contributed by atoms with van der Waals surface area (Å²) in [5.41, 5.74) is 13.3. The molecule has 1 aliphatic heterocycles. The summed E-state index contributed by atoms with van der Waals surface area (Å²) >= 11 is 1.32. The van der Waals surface area contributed by atoms with Gasteiger partial charge in [0.05, 0.1) is 0 Å². The Hall–Kier alpha value is -2.47. The molecule has 1 aliphatic rings. The Bertz CT molecular complexity index is 916. The number of ketones is 1. The number of nitrogens with zero attached hydrogens (tertiary/aromatic N) is 3. The molecule has 1 aromatic carbocycles. The molecule has 3 rings (SSSR count). The van der Waals surface area contributed by atoms with E-state index in [9.17, 15) is 15.0 Å². The summed E-state index contributed by atoms with van der Waals surface area (Å²) in [5, 5.41) is 25.4. The van der Waals surface area contributed by atoms with Crippen molar-refractivity contribution < 1.29 is 19.7 Å². The molecule has 30 heavy (non-hydrogen) atoms. The van der Waals surface area contributed by atoms with Crippen molar-refractivity contribution >= 4 is 35.1 Å². The van der Waals surface area contributed by atoms with Gasteiger partial charge in [-0.3, -0.25) is 4.79 Å². The van der Waals surface area contributed by atoms with Crippen molar-refractivity contribution in [3.05, 3.63) is 40.4 Å². The largest absolute Gasteiger partial charge is 0.536 e. The first-order valence-electron chi connectivity index (χ1n) is 9.77. The van der Waals surface area contributed by atoms with Gasteiger partial charge in [0.25, 0.3) is 0 Å². The molecular formula is C19H26BN5O4S. The number of thiazole rings is 1. The van der Waals surface area contributed by atoms with E-state index in [1.54, 1.807) is 5.38 Å². The third-order valence-electron chi connectivity index (χ3n) is 5.03. The normalized spacial score (nSPS) is 16.2. The molecule has 0 radical (unpaired) electrons. The number of aryl methyl sites for hydroxylation is 1. The SMILES string of the molecule is Cc1cccc2c1OB(O)[C@@H](CC(=O)/C(=N\O)c1csc(N(CCN)CCN)n1)C2. The average Bonchev–Trinajstić information content (AvgIpc) is 3.19. The Morgan fingerprint density at radius 1 is 1.40 bits per heavy atom.